The SMILES string of the molecule is CCn1ncc2c1-c1cnc(N)c(c1)OC(C)c1cc(F)ccc1-n1nc(C#N)cc1C2. The van der Waals surface area contributed by atoms with Crippen LogP contribution in [0, 0.1) is 17.1 Å². The minimum absolute atomic E-state index is 0.242. The highest BCUT2D eigenvalue weighted by Crippen LogP contribution is 2.35. The molecular formula is C23H20FN7O. The van der Waals surface area contributed by atoms with Crippen LogP contribution in [0.2, 0.25) is 0 Å². The summed E-state index contributed by atoms with van der Waals surface area (Å²) in [5, 5.41) is 18.5. The van der Waals surface area contributed by atoms with Gasteiger partial charge >= 0.3 is 0 Å². The van der Waals surface area contributed by atoms with Crippen molar-refractivity contribution in [1.82, 2.24) is 24.5 Å². The van der Waals surface area contributed by atoms with Crippen LogP contribution < -0.4 is 10.5 Å². The lowest BCUT2D eigenvalue weighted by atomic mass is 10.0. The van der Waals surface area contributed by atoms with Gasteiger partial charge in [-0.25, -0.2) is 14.1 Å². The van der Waals surface area contributed by atoms with Crippen LogP contribution in [0.5, 0.6) is 5.75 Å². The Morgan fingerprint density at radius 2 is 2.12 bits per heavy atom. The number of nitriles is 1. The van der Waals surface area contributed by atoms with Crippen LogP contribution in [0.25, 0.3) is 16.9 Å². The lowest BCUT2D eigenvalue weighted by Crippen LogP contribution is -2.13. The van der Waals surface area contributed by atoms with Crippen molar-refractivity contribution in [3.05, 3.63) is 71.1 Å². The van der Waals surface area contributed by atoms with E-state index in [4.69, 9.17) is 10.5 Å². The molecule has 1 aliphatic heterocycles. The fourth-order valence-corrected chi connectivity index (χ4v) is 4.11. The summed E-state index contributed by atoms with van der Waals surface area (Å²) in [6, 6.07) is 10.1. The van der Waals surface area contributed by atoms with Crippen LogP contribution in [0.1, 0.15) is 42.5 Å². The van der Waals surface area contributed by atoms with Gasteiger partial charge in [0.15, 0.2) is 17.3 Å². The van der Waals surface area contributed by atoms with Crippen molar-refractivity contribution >= 4 is 5.82 Å². The molecule has 9 heteroatoms. The van der Waals surface area contributed by atoms with Gasteiger partial charge in [0.1, 0.15) is 18.0 Å². The van der Waals surface area contributed by atoms with E-state index in [0.29, 0.717) is 30.0 Å². The van der Waals surface area contributed by atoms with Gasteiger partial charge in [-0.2, -0.15) is 15.5 Å². The summed E-state index contributed by atoms with van der Waals surface area (Å²) in [5.74, 6) is 0.247. The molecular weight excluding hydrogens is 409 g/mol. The van der Waals surface area contributed by atoms with E-state index in [1.807, 2.05) is 24.6 Å². The highest BCUT2D eigenvalue weighted by atomic mass is 19.1. The van der Waals surface area contributed by atoms with Crippen molar-refractivity contribution in [3.8, 4) is 28.8 Å². The predicted octanol–water partition coefficient (Wildman–Crippen LogP) is 3.79. The first kappa shape index (κ1) is 19.8. The third-order valence-corrected chi connectivity index (χ3v) is 5.60. The van der Waals surface area contributed by atoms with Gasteiger partial charge in [-0.05, 0) is 44.2 Å². The first-order chi connectivity index (χ1) is 15.5. The molecule has 160 valence electrons. The number of aromatic nitrogens is 5. The number of hydrogen-bond acceptors (Lipinski definition) is 6. The zero-order chi connectivity index (χ0) is 22.4. The van der Waals surface area contributed by atoms with Crippen LogP contribution in [0.15, 0.2) is 42.7 Å². The molecule has 0 saturated heterocycles. The molecule has 1 aromatic carbocycles. The first-order valence-corrected chi connectivity index (χ1v) is 10.2. The maximum atomic E-state index is 14.2. The molecule has 1 aliphatic rings. The average Bonchev–Trinajstić information content (AvgIpc) is 3.38. The second-order valence-electron chi connectivity index (χ2n) is 7.63. The van der Waals surface area contributed by atoms with Gasteiger partial charge in [0, 0.05) is 35.9 Å². The Labute approximate surface area is 183 Å². The van der Waals surface area contributed by atoms with E-state index < -0.39 is 11.9 Å². The molecule has 0 fully saturated rings. The quantitative estimate of drug-likeness (QED) is 0.493. The number of fused-ring (bicyclic) bond motifs is 7. The summed E-state index contributed by atoms with van der Waals surface area (Å²) >= 11 is 0. The van der Waals surface area contributed by atoms with Crippen molar-refractivity contribution in [1.29, 1.82) is 5.26 Å². The van der Waals surface area contributed by atoms with Crippen LogP contribution in [0.4, 0.5) is 10.2 Å². The third kappa shape index (κ3) is 3.17. The molecule has 0 aliphatic carbocycles. The van der Waals surface area contributed by atoms with Gasteiger partial charge in [0.2, 0.25) is 0 Å². The molecule has 32 heavy (non-hydrogen) atoms. The van der Waals surface area contributed by atoms with E-state index in [1.165, 1.54) is 12.1 Å². The van der Waals surface area contributed by atoms with E-state index in [-0.39, 0.29) is 11.5 Å². The number of aryl methyl sites for hydroxylation is 1. The molecule has 8 nitrogen and oxygen atoms in total. The summed E-state index contributed by atoms with van der Waals surface area (Å²) in [7, 11) is 0. The predicted molar refractivity (Wildman–Crippen MR) is 116 cm³/mol. The lowest BCUT2D eigenvalue weighted by molar-refractivity contribution is 0.226. The summed E-state index contributed by atoms with van der Waals surface area (Å²) in [6.07, 6.45) is 3.41. The average molecular weight is 429 g/mol. The van der Waals surface area contributed by atoms with E-state index in [2.05, 4.69) is 21.3 Å². The molecule has 0 radical (unpaired) electrons. The van der Waals surface area contributed by atoms with Crippen molar-refractivity contribution < 1.29 is 9.13 Å². The highest BCUT2D eigenvalue weighted by molar-refractivity contribution is 5.68. The first-order valence-electron chi connectivity index (χ1n) is 10.2. The normalized spacial score (nSPS) is 14.8. The maximum Gasteiger partial charge on any atom is 0.166 e. The molecule has 0 spiro atoms. The van der Waals surface area contributed by atoms with E-state index in [9.17, 15) is 9.65 Å². The molecule has 5 rings (SSSR count). The summed E-state index contributed by atoms with van der Waals surface area (Å²) in [4.78, 5) is 4.33. The number of hydrogen-bond donors (Lipinski definition) is 1. The number of rotatable bonds is 1. The number of benzene rings is 1. The van der Waals surface area contributed by atoms with Crippen LogP contribution >= 0.6 is 0 Å². The second kappa shape index (κ2) is 7.50. The number of nitrogens with zero attached hydrogens (tertiary/aromatic N) is 6. The molecule has 0 saturated carbocycles. The Hall–Kier alpha value is -4.19. The molecule has 1 unspecified atom stereocenters. The molecule has 0 amide bonds. The maximum absolute atomic E-state index is 14.2. The van der Waals surface area contributed by atoms with Crippen molar-refractivity contribution in [2.45, 2.75) is 32.9 Å². The van der Waals surface area contributed by atoms with Crippen molar-refractivity contribution in [2.75, 3.05) is 5.73 Å². The lowest BCUT2D eigenvalue weighted by Gasteiger charge is -2.21. The second-order valence-corrected chi connectivity index (χ2v) is 7.63. The van der Waals surface area contributed by atoms with Crippen molar-refractivity contribution in [3.63, 3.8) is 0 Å². The topological polar surface area (TPSA) is 108 Å². The molecule has 1 atom stereocenters. The van der Waals surface area contributed by atoms with Crippen LogP contribution in [-0.4, -0.2) is 24.5 Å². The monoisotopic (exact) mass is 429 g/mol. The Kier molecular flexibility index (Phi) is 4.63. The van der Waals surface area contributed by atoms with Gasteiger partial charge in [0.25, 0.3) is 0 Å². The number of nitrogen functional groups attached to an aromatic ring is 1. The Balaban J connectivity index is 1.82. The number of halogens is 1. The van der Waals surface area contributed by atoms with Gasteiger partial charge in [-0.15, -0.1) is 0 Å². The minimum atomic E-state index is -0.558. The smallest absolute Gasteiger partial charge is 0.166 e. The van der Waals surface area contributed by atoms with Crippen LogP contribution in [0.3, 0.4) is 0 Å². The highest BCUT2D eigenvalue weighted by Gasteiger charge is 2.23. The largest absolute Gasteiger partial charge is 0.482 e. The van der Waals surface area contributed by atoms with Crippen LogP contribution in [-0.2, 0) is 13.0 Å². The Morgan fingerprint density at radius 3 is 2.91 bits per heavy atom. The number of anilines is 1. The molecule has 2 N–H and O–H groups in total. The summed E-state index contributed by atoms with van der Waals surface area (Å²) in [5.41, 5.74) is 11.0. The molecule has 4 aromatic rings. The molecule has 4 heterocycles. The summed E-state index contributed by atoms with van der Waals surface area (Å²) < 4.78 is 24.0. The Morgan fingerprint density at radius 1 is 1.28 bits per heavy atom. The minimum Gasteiger partial charge on any atom is -0.482 e. The fraction of sp³-hybridized carbons (Fsp3) is 0.217. The van der Waals surface area contributed by atoms with Gasteiger partial charge in [-0.3, -0.25) is 4.68 Å². The fourth-order valence-electron chi connectivity index (χ4n) is 4.11. The zero-order valence-corrected chi connectivity index (χ0v) is 17.6. The molecule has 2 bridgehead atoms. The molecule has 3 aromatic heterocycles. The summed E-state index contributed by atoms with van der Waals surface area (Å²) in [6.45, 7) is 4.49. The number of pyridine rings is 1. The number of nitrogens with two attached hydrogens (primary N) is 1. The Bertz CT molecular complexity index is 1380. The van der Waals surface area contributed by atoms with E-state index in [1.54, 1.807) is 29.2 Å². The van der Waals surface area contributed by atoms with Gasteiger partial charge in [-0.1, -0.05) is 0 Å². The standard InChI is InChI=1S/C23H20FN7O/c1-3-30-22-14(12-28-30)6-18-9-17(10-25)29-31(18)20-5-4-16(24)8-19(20)13(2)32-21-7-15(22)11-27-23(21)26/h4-5,7-9,11-13H,3,6H2,1-2H3,(H2,26,27). The van der Waals surface area contributed by atoms with Crippen molar-refractivity contribution in [2.24, 2.45) is 0 Å². The van der Waals surface area contributed by atoms with Gasteiger partial charge in [0.05, 0.1) is 23.3 Å². The van der Waals surface area contributed by atoms with E-state index in [0.717, 1.165) is 22.5 Å². The van der Waals surface area contributed by atoms with Gasteiger partial charge < -0.3 is 10.5 Å². The number of ether oxygens (including phenoxy) is 1. The van der Waals surface area contributed by atoms with E-state index >= 15 is 0 Å². The third-order valence-electron chi connectivity index (χ3n) is 5.60. The zero-order valence-electron chi connectivity index (χ0n) is 17.6.